The first-order valence-corrected chi connectivity index (χ1v) is 5.78. The van der Waals surface area contributed by atoms with E-state index in [1.54, 1.807) is 0 Å². The van der Waals surface area contributed by atoms with Crippen molar-refractivity contribution in [2.24, 2.45) is 12.8 Å². The van der Waals surface area contributed by atoms with Gasteiger partial charge in [0.1, 0.15) is 0 Å². The second-order valence-corrected chi connectivity index (χ2v) is 3.88. The molecule has 0 saturated carbocycles. The van der Waals surface area contributed by atoms with Gasteiger partial charge in [0.05, 0.1) is 0 Å². The van der Waals surface area contributed by atoms with Crippen LogP contribution in [0.4, 0.5) is 0 Å². The summed E-state index contributed by atoms with van der Waals surface area (Å²) in [6.07, 6.45) is 0.967. The average Bonchev–Trinajstić information content (AvgIpc) is 2.58. The van der Waals surface area contributed by atoms with Gasteiger partial charge in [0, 0.05) is 25.0 Å². The molecule has 1 aromatic heterocycles. The van der Waals surface area contributed by atoms with Crippen molar-refractivity contribution in [3.63, 3.8) is 0 Å². The zero-order valence-corrected chi connectivity index (χ0v) is 10.2. The van der Waals surface area contributed by atoms with E-state index in [4.69, 9.17) is 5.73 Å². The van der Waals surface area contributed by atoms with E-state index in [0.717, 1.165) is 32.6 Å². The Bertz CT molecular complexity index is 287. The topological polar surface area (TPSA) is 34.2 Å². The lowest BCUT2D eigenvalue weighted by Gasteiger charge is -2.18. The number of rotatable bonds is 6. The molecule has 15 heavy (non-hydrogen) atoms. The van der Waals surface area contributed by atoms with Crippen LogP contribution in [-0.2, 0) is 20.0 Å². The van der Waals surface area contributed by atoms with Crippen LogP contribution in [0.2, 0.25) is 0 Å². The fraction of sp³-hybridized carbons (Fsp3) is 0.667. The molecule has 0 saturated heterocycles. The predicted octanol–water partition coefficient (Wildman–Crippen LogP) is 1.37. The molecule has 0 radical (unpaired) electrons. The second kappa shape index (κ2) is 5.93. The summed E-state index contributed by atoms with van der Waals surface area (Å²) in [5.41, 5.74) is 8.28. The van der Waals surface area contributed by atoms with E-state index in [1.807, 2.05) is 0 Å². The van der Waals surface area contributed by atoms with E-state index in [9.17, 15) is 0 Å². The molecule has 3 heteroatoms. The predicted molar refractivity (Wildman–Crippen MR) is 64.8 cm³/mol. The van der Waals surface area contributed by atoms with Crippen molar-refractivity contribution in [2.75, 3.05) is 19.6 Å². The van der Waals surface area contributed by atoms with Crippen LogP contribution in [0.1, 0.15) is 25.2 Å². The Labute approximate surface area is 92.9 Å². The van der Waals surface area contributed by atoms with E-state index in [1.165, 1.54) is 11.4 Å². The number of nitrogens with two attached hydrogens (primary N) is 1. The van der Waals surface area contributed by atoms with Gasteiger partial charge >= 0.3 is 0 Å². The lowest BCUT2D eigenvalue weighted by Crippen LogP contribution is -2.23. The van der Waals surface area contributed by atoms with Gasteiger partial charge in [0.2, 0.25) is 0 Å². The minimum Gasteiger partial charge on any atom is -0.350 e. The van der Waals surface area contributed by atoms with Gasteiger partial charge in [0.15, 0.2) is 0 Å². The molecular weight excluding hydrogens is 186 g/mol. The summed E-state index contributed by atoms with van der Waals surface area (Å²) in [5.74, 6) is 0. The Balaban J connectivity index is 2.69. The fourth-order valence-electron chi connectivity index (χ4n) is 1.83. The van der Waals surface area contributed by atoms with Gasteiger partial charge in [-0.25, -0.2) is 0 Å². The summed E-state index contributed by atoms with van der Waals surface area (Å²) in [6, 6.07) is 4.40. The summed E-state index contributed by atoms with van der Waals surface area (Å²) in [5, 5.41) is 0. The molecule has 0 aromatic carbocycles. The monoisotopic (exact) mass is 209 g/mol. The lowest BCUT2D eigenvalue weighted by molar-refractivity contribution is 0.289. The molecule has 1 heterocycles. The molecule has 0 fully saturated rings. The van der Waals surface area contributed by atoms with Gasteiger partial charge in [-0.1, -0.05) is 13.8 Å². The average molecular weight is 209 g/mol. The van der Waals surface area contributed by atoms with Gasteiger partial charge in [-0.15, -0.1) is 0 Å². The maximum atomic E-state index is 5.57. The van der Waals surface area contributed by atoms with Crippen molar-refractivity contribution >= 4 is 0 Å². The van der Waals surface area contributed by atoms with Gasteiger partial charge in [-0.2, -0.15) is 0 Å². The molecule has 0 bridgehead atoms. The number of hydrogen-bond donors (Lipinski definition) is 1. The quantitative estimate of drug-likeness (QED) is 0.768. The first kappa shape index (κ1) is 12.3. The van der Waals surface area contributed by atoms with Crippen LogP contribution in [0.25, 0.3) is 0 Å². The van der Waals surface area contributed by atoms with Crippen LogP contribution in [-0.4, -0.2) is 29.1 Å². The van der Waals surface area contributed by atoms with Crippen LogP contribution in [0.3, 0.4) is 0 Å². The summed E-state index contributed by atoms with van der Waals surface area (Å²) in [4.78, 5) is 2.42. The van der Waals surface area contributed by atoms with Crippen LogP contribution >= 0.6 is 0 Å². The zero-order valence-electron chi connectivity index (χ0n) is 10.2. The van der Waals surface area contributed by atoms with E-state index >= 15 is 0 Å². The largest absolute Gasteiger partial charge is 0.350 e. The SMILES string of the molecule is CCN(CC)Cc1ccc(CCN)n1C. The number of nitrogens with zero attached hydrogens (tertiary/aromatic N) is 2. The molecule has 0 spiro atoms. The Kier molecular flexibility index (Phi) is 4.85. The third-order valence-corrected chi connectivity index (χ3v) is 3.01. The van der Waals surface area contributed by atoms with Crippen LogP contribution in [0.5, 0.6) is 0 Å². The van der Waals surface area contributed by atoms with Crippen LogP contribution in [0, 0.1) is 0 Å². The summed E-state index contributed by atoms with van der Waals surface area (Å²) in [7, 11) is 2.13. The maximum Gasteiger partial charge on any atom is 0.0386 e. The molecule has 0 unspecified atom stereocenters. The molecule has 0 aliphatic heterocycles. The van der Waals surface area contributed by atoms with Crippen molar-refractivity contribution < 1.29 is 0 Å². The highest BCUT2D eigenvalue weighted by atomic mass is 15.1. The number of hydrogen-bond acceptors (Lipinski definition) is 2. The molecule has 0 aliphatic carbocycles. The Hall–Kier alpha value is -0.800. The first-order valence-electron chi connectivity index (χ1n) is 5.78. The van der Waals surface area contributed by atoms with Crippen molar-refractivity contribution in [2.45, 2.75) is 26.8 Å². The third-order valence-electron chi connectivity index (χ3n) is 3.01. The molecule has 1 rings (SSSR count). The van der Waals surface area contributed by atoms with Crippen molar-refractivity contribution in [3.05, 3.63) is 23.5 Å². The van der Waals surface area contributed by atoms with Crippen LogP contribution in [0.15, 0.2) is 12.1 Å². The second-order valence-electron chi connectivity index (χ2n) is 3.88. The molecule has 0 aliphatic rings. The van der Waals surface area contributed by atoms with Crippen molar-refractivity contribution in [1.29, 1.82) is 0 Å². The van der Waals surface area contributed by atoms with Gasteiger partial charge in [-0.3, -0.25) is 4.90 Å². The molecular formula is C12H23N3. The van der Waals surface area contributed by atoms with Crippen LogP contribution < -0.4 is 5.73 Å². The van der Waals surface area contributed by atoms with E-state index in [0.29, 0.717) is 0 Å². The van der Waals surface area contributed by atoms with Gasteiger partial charge in [-0.05, 0) is 38.2 Å². The minimum atomic E-state index is 0.725. The van der Waals surface area contributed by atoms with Gasteiger partial charge in [0.25, 0.3) is 0 Å². The summed E-state index contributed by atoms with van der Waals surface area (Å²) in [6.45, 7) is 8.37. The standard InChI is InChI=1S/C12H23N3/c1-4-15(5-2)10-12-7-6-11(8-9-13)14(12)3/h6-7H,4-5,8-10,13H2,1-3H3. The maximum absolute atomic E-state index is 5.57. The van der Waals surface area contributed by atoms with Gasteiger partial charge < -0.3 is 10.3 Å². The number of aromatic nitrogens is 1. The summed E-state index contributed by atoms with van der Waals surface area (Å²) >= 11 is 0. The lowest BCUT2D eigenvalue weighted by atomic mass is 10.3. The van der Waals surface area contributed by atoms with E-state index in [2.05, 4.69) is 42.5 Å². The van der Waals surface area contributed by atoms with E-state index < -0.39 is 0 Å². The third kappa shape index (κ3) is 3.08. The highest BCUT2D eigenvalue weighted by molar-refractivity contribution is 5.16. The van der Waals surface area contributed by atoms with E-state index in [-0.39, 0.29) is 0 Å². The molecule has 1 aromatic rings. The first-order chi connectivity index (χ1) is 7.22. The molecule has 86 valence electrons. The Morgan fingerprint density at radius 1 is 1.20 bits per heavy atom. The minimum absolute atomic E-state index is 0.725. The highest BCUT2D eigenvalue weighted by Crippen LogP contribution is 2.10. The fourth-order valence-corrected chi connectivity index (χ4v) is 1.83. The smallest absolute Gasteiger partial charge is 0.0386 e. The van der Waals surface area contributed by atoms with Crippen molar-refractivity contribution in [3.8, 4) is 0 Å². The molecule has 3 nitrogen and oxygen atoms in total. The normalized spacial score (nSPS) is 11.3. The highest BCUT2D eigenvalue weighted by Gasteiger charge is 2.06. The van der Waals surface area contributed by atoms with Crippen molar-refractivity contribution in [1.82, 2.24) is 9.47 Å². The molecule has 0 atom stereocenters. The Morgan fingerprint density at radius 3 is 2.33 bits per heavy atom. The molecule has 0 amide bonds. The molecule has 2 N–H and O–H groups in total. The zero-order chi connectivity index (χ0) is 11.3. The summed E-state index contributed by atoms with van der Waals surface area (Å²) < 4.78 is 2.27. The Morgan fingerprint density at radius 2 is 1.80 bits per heavy atom.